The van der Waals surface area contributed by atoms with Crippen LogP contribution < -0.4 is 9.62 Å². The molecular weight excluding hydrogens is 300 g/mol. The van der Waals surface area contributed by atoms with Gasteiger partial charge in [-0.15, -0.1) is 0 Å². The van der Waals surface area contributed by atoms with Crippen LogP contribution in [0.3, 0.4) is 0 Å². The number of nitrogens with one attached hydrogen (secondary N) is 1. The Labute approximate surface area is 133 Å². The normalized spacial score (nSPS) is 11.8. The van der Waals surface area contributed by atoms with E-state index in [0.717, 1.165) is 11.8 Å². The van der Waals surface area contributed by atoms with E-state index >= 15 is 0 Å². The second-order valence-electron chi connectivity index (χ2n) is 6.05. The summed E-state index contributed by atoms with van der Waals surface area (Å²) in [5.74, 6) is 0.236. The lowest BCUT2D eigenvalue weighted by atomic mass is 10.0. The topological polar surface area (TPSA) is 66.5 Å². The van der Waals surface area contributed by atoms with Crippen molar-refractivity contribution in [3.63, 3.8) is 0 Å². The van der Waals surface area contributed by atoms with Gasteiger partial charge >= 0.3 is 0 Å². The van der Waals surface area contributed by atoms with Gasteiger partial charge in [0.05, 0.1) is 11.9 Å². The Bertz CT molecular complexity index is 592. The lowest BCUT2D eigenvalue weighted by Crippen LogP contribution is -2.36. The summed E-state index contributed by atoms with van der Waals surface area (Å²) in [6.45, 7) is 8.05. The summed E-state index contributed by atoms with van der Waals surface area (Å²) in [4.78, 5) is 11.7. The first kappa shape index (κ1) is 18.5. The van der Waals surface area contributed by atoms with Gasteiger partial charge < -0.3 is 5.32 Å². The molecule has 0 heterocycles. The number of hydrogen-bond donors (Lipinski definition) is 1. The van der Waals surface area contributed by atoms with Gasteiger partial charge in [0.25, 0.3) is 0 Å². The minimum absolute atomic E-state index is 0.0458. The van der Waals surface area contributed by atoms with Gasteiger partial charge in [-0.05, 0) is 37.5 Å². The van der Waals surface area contributed by atoms with Crippen LogP contribution >= 0.6 is 0 Å². The Morgan fingerprint density at radius 3 is 2.09 bits per heavy atom. The van der Waals surface area contributed by atoms with Gasteiger partial charge in [-0.3, -0.25) is 9.10 Å². The highest BCUT2D eigenvalue weighted by atomic mass is 32.2. The van der Waals surface area contributed by atoms with Crippen LogP contribution in [0.25, 0.3) is 0 Å². The first-order valence-electron chi connectivity index (χ1n) is 7.48. The van der Waals surface area contributed by atoms with Crippen molar-refractivity contribution in [2.24, 2.45) is 0 Å². The molecule has 0 radical (unpaired) electrons. The standard InChI is InChI=1S/C16H26N2O3S/c1-12(2)14-6-8-15(9-7-14)18(22(5,20)21)11-10-16(19)17-13(3)4/h6-9,12-13H,10-11H2,1-5H3,(H,17,19). The molecule has 1 aromatic rings. The number of rotatable bonds is 7. The van der Waals surface area contributed by atoms with E-state index in [2.05, 4.69) is 19.2 Å². The van der Waals surface area contributed by atoms with E-state index in [0.29, 0.717) is 11.6 Å². The maximum absolute atomic E-state index is 12.0. The molecule has 0 saturated heterocycles. The number of carbonyl (C=O) groups is 1. The van der Waals surface area contributed by atoms with Crippen LogP contribution in [-0.2, 0) is 14.8 Å². The summed E-state index contributed by atoms with van der Waals surface area (Å²) in [6.07, 6.45) is 1.29. The summed E-state index contributed by atoms with van der Waals surface area (Å²) >= 11 is 0. The fourth-order valence-corrected chi connectivity index (χ4v) is 3.04. The highest BCUT2D eigenvalue weighted by molar-refractivity contribution is 7.92. The maximum atomic E-state index is 12.0. The Morgan fingerprint density at radius 1 is 1.14 bits per heavy atom. The summed E-state index contributed by atoms with van der Waals surface area (Å²) in [5.41, 5.74) is 1.74. The van der Waals surface area contributed by atoms with E-state index in [1.807, 2.05) is 26.0 Å². The van der Waals surface area contributed by atoms with Gasteiger partial charge in [-0.2, -0.15) is 0 Å². The molecule has 22 heavy (non-hydrogen) atoms. The number of nitrogens with zero attached hydrogens (tertiary/aromatic N) is 1. The molecule has 0 aliphatic heterocycles. The highest BCUT2D eigenvalue weighted by Gasteiger charge is 2.19. The third kappa shape index (κ3) is 5.67. The van der Waals surface area contributed by atoms with E-state index < -0.39 is 10.0 Å². The van der Waals surface area contributed by atoms with Crippen molar-refractivity contribution < 1.29 is 13.2 Å². The molecule has 1 aromatic carbocycles. The maximum Gasteiger partial charge on any atom is 0.232 e. The summed E-state index contributed by atoms with van der Waals surface area (Å²) in [7, 11) is -3.42. The molecule has 0 aliphatic rings. The molecule has 1 N–H and O–H groups in total. The van der Waals surface area contributed by atoms with Gasteiger partial charge in [0, 0.05) is 19.0 Å². The van der Waals surface area contributed by atoms with Crippen molar-refractivity contribution in [2.45, 2.75) is 46.1 Å². The van der Waals surface area contributed by atoms with Gasteiger partial charge in [0.2, 0.25) is 15.9 Å². The van der Waals surface area contributed by atoms with E-state index in [9.17, 15) is 13.2 Å². The minimum atomic E-state index is -3.42. The SMILES string of the molecule is CC(C)NC(=O)CCN(c1ccc(C(C)C)cc1)S(C)(=O)=O. The third-order valence-corrected chi connectivity index (χ3v) is 4.43. The molecule has 0 saturated carbocycles. The zero-order valence-electron chi connectivity index (χ0n) is 14.0. The van der Waals surface area contributed by atoms with Crippen LogP contribution in [0.15, 0.2) is 24.3 Å². The largest absolute Gasteiger partial charge is 0.354 e. The first-order valence-corrected chi connectivity index (χ1v) is 9.33. The number of benzene rings is 1. The number of hydrogen-bond acceptors (Lipinski definition) is 3. The second kappa shape index (κ2) is 7.63. The van der Waals surface area contributed by atoms with Crippen molar-refractivity contribution in [1.82, 2.24) is 5.32 Å². The van der Waals surface area contributed by atoms with Crippen LogP contribution in [0, 0.1) is 0 Å². The molecule has 5 nitrogen and oxygen atoms in total. The second-order valence-corrected chi connectivity index (χ2v) is 7.96. The Kier molecular flexibility index (Phi) is 6.41. The minimum Gasteiger partial charge on any atom is -0.354 e. The Balaban J connectivity index is 2.88. The lowest BCUT2D eigenvalue weighted by molar-refractivity contribution is -0.121. The zero-order chi connectivity index (χ0) is 16.9. The van der Waals surface area contributed by atoms with Gasteiger partial charge in [-0.25, -0.2) is 8.42 Å². The molecular formula is C16H26N2O3S. The van der Waals surface area contributed by atoms with E-state index in [1.165, 1.54) is 4.31 Å². The van der Waals surface area contributed by atoms with E-state index in [4.69, 9.17) is 0 Å². The quantitative estimate of drug-likeness (QED) is 0.837. The Hall–Kier alpha value is -1.56. The number of carbonyl (C=O) groups excluding carboxylic acids is 1. The average molecular weight is 326 g/mol. The third-order valence-electron chi connectivity index (χ3n) is 3.24. The van der Waals surface area contributed by atoms with Gasteiger partial charge in [0.15, 0.2) is 0 Å². The molecule has 124 valence electrons. The molecule has 0 atom stereocenters. The smallest absolute Gasteiger partial charge is 0.232 e. The van der Waals surface area contributed by atoms with Gasteiger partial charge in [-0.1, -0.05) is 26.0 Å². The van der Waals surface area contributed by atoms with Crippen LogP contribution in [-0.4, -0.2) is 33.2 Å². The summed E-state index contributed by atoms with van der Waals surface area (Å²) in [5, 5.41) is 2.76. The number of anilines is 1. The average Bonchev–Trinajstić information content (AvgIpc) is 2.37. The summed E-state index contributed by atoms with van der Waals surface area (Å²) < 4.78 is 25.2. The van der Waals surface area contributed by atoms with Crippen molar-refractivity contribution in [3.05, 3.63) is 29.8 Å². The predicted molar refractivity (Wildman–Crippen MR) is 90.6 cm³/mol. The van der Waals surface area contributed by atoms with Crippen LogP contribution in [0.2, 0.25) is 0 Å². The van der Waals surface area contributed by atoms with Crippen molar-refractivity contribution in [3.8, 4) is 0 Å². The molecule has 0 aliphatic carbocycles. The molecule has 0 unspecified atom stereocenters. The van der Waals surface area contributed by atoms with Crippen LogP contribution in [0.5, 0.6) is 0 Å². The predicted octanol–water partition coefficient (Wildman–Crippen LogP) is 2.49. The fraction of sp³-hybridized carbons (Fsp3) is 0.562. The van der Waals surface area contributed by atoms with Crippen LogP contribution in [0.4, 0.5) is 5.69 Å². The van der Waals surface area contributed by atoms with Crippen molar-refractivity contribution in [1.29, 1.82) is 0 Å². The van der Waals surface area contributed by atoms with Crippen LogP contribution in [0.1, 0.15) is 45.6 Å². The van der Waals surface area contributed by atoms with E-state index in [1.54, 1.807) is 12.1 Å². The first-order chi connectivity index (χ1) is 10.1. The van der Waals surface area contributed by atoms with E-state index in [-0.39, 0.29) is 24.9 Å². The van der Waals surface area contributed by atoms with Crippen molar-refractivity contribution in [2.75, 3.05) is 17.1 Å². The molecule has 1 rings (SSSR count). The molecule has 6 heteroatoms. The molecule has 0 spiro atoms. The van der Waals surface area contributed by atoms with Gasteiger partial charge in [0.1, 0.15) is 0 Å². The van der Waals surface area contributed by atoms with Crippen molar-refractivity contribution >= 4 is 21.6 Å². The summed E-state index contributed by atoms with van der Waals surface area (Å²) in [6, 6.07) is 7.47. The zero-order valence-corrected chi connectivity index (χ0v) is 14.8. The molecule has 0 bridgehead atoms. The molecule has 0 aromatic heterocycles. The highest BCUT2D eigenvalue weighted by Crippen LogP contribution is 2.22. The molecule has 1 amide bonds. The lowest BCUT2D eigenvalue weighted by Gasteiger charge is -2.23. The molecule has 0 fully saturated rings. The fourth-order valence-electron chi connectivity index (χ4n) is 2.11. The number of sulfonamides is 1. The number of amides is 1. The monoisotopic (exact) mass is 326 g/mol. The Morgan fingerprint density at radius 2 is 1.68 bits per heavy atom.